The second-order valence-corrected chi connectivity index (χ2v) is 5.26. The van der Waals surface area contributed by atoms with E-state index in [-0.39, 0.29) is 12.1 Å². The fourth-order valence-corrected chi connectivity index (χ4v) is 2.79. The van der Waals surface area contributed by atoms with Gasteiger partial charge in [0.05, 0.1) is 25.5 Å². The van der Waals surface area contributed by atoms with Crippen LogP contribution in [0.3, 0.4) is 0 Å². The van der Waals surface area contributed by atoms with Crippen LogP contribution in [0.5, 0.6) is 5.88 Å². The summed E-state index contributed by atoms with van der Waals surface area (Å²) >= 11 is 0. The summed E-state index contributed by atoms with van der Waals surface area (Å²) in [6.45, 7) is 0.770. The Bertz CT molecular complexity index is 615. The monoisotopic (exact) mass is 289 g/mol. The van der Waals surface area contributed by atoms with Crippen molar-refractivity contribution in [3.05, 3.63) is 30.4 Å². The average molecular weight is 289 g/mol. The van der Waals surface area contributed by atoms with E-state index in [2.05, 4.69) is 20.0 Å². The normalized spacial score (nSPS) is 21.8. The molecule has 21 heavy (non-hydrogen) atoms. The molecule has 2 atom stereocenters. The minimum atomic E-state index is -0.369. The minimum absolute atomic E-state index is 0.00574. The van der Waals surface area contributed by atoms with Gasteiger partial charge in [-0.2, -0.15) is 5.10 Å². The number of methoxy groups -OCH3 is 1. The third-order valence-corrected chi connectivity index (χ3v) is 3.84. The molecular weight excluding hydrogens is 270 g/mol. The van der Waals surface area contributed by atoms with Crippen LogP contribution in [0.15, 0.2) is 24.8 Å². The summed E-state index contributed by atoms with van der Waals surface area (Å²) in [5.41, 5.74) is 1.11. The number of aromatic nitrogens is 4. The van der Waals surface area contributed by atoms with Crippen molar-refractivity contribution in [3.8, 4) is 5.88 Å². The fraction of sp³-hybridized carbons (Fsp3) is 0.500. The Hall–Kier alpha value is -2.15. The zero-order valence-corrected chi connectivity index (χ0v) is 12.2. The summed E-state index contributed by atoms with van der Waals surface area (Å²) in [5, 5.41) is 14.5. The maximum atomic E-state index is 10.3. The van der Waals surface area contributed by atoms with Gasteiger partial charge in [-0.1, -0.05) is 0 Å². The first kappa shape index (κ1) is 13.8. The first-order chi connectivity index (χ1) is 10.2. The third kappa shape index (κ3) is 2.82. The molecule has 0 saturated carbocycles. The van der Waals surface area contributed by atoms with Crippen molar-refractivity contribution in [2.45, 2.75) is 25.0 Å². The van der Waals surface area contributed by atoms with Gasteiger partial charge in [0.2, 0.25) is 5.88 Å². The van der Waals surface area contributed by atoms with E-state index in [4.69, 9.17) is 4.74 Å². The number of nitrogens with zero attached hydrogens (tertiary/aromatic N) is 5. The van der Waals surface area contributed by atoms with Crippen LogP contribution in [-0.2, 0) is 13.5 Å². The summed E-state index contributed by atoms with van der Waals surface area (Å²) in [5.74, 6) is 1.31. The average Bonchev–Trinajstić information content (AvgIpc) is 3.06. The number of aliphatic hydroxyl groups excluding tert-OH is 1. The molecule has 3 heterocycles. The molecular formula is C14H19N5O2. The Morgan fingerprint density at radius 3 is 3.00 bits per heavy atom. The molecule has 0 spiro atoms. The molecule has 0 bridgehead atoms. The van der Waals surface area contributed by atoms with Gasteiger partial charge in [0.15, 0.2) is 0 Å². The van der Waals surface area contributed by atoms with E-state index in [0.717, 1.165) is 30.8 Å². The molecule has 1 aliphatic heterocycles. The number of aliphatic hydroxyl groups is 1. The molecule has 1 fully saturated rings. The smallest absolute Gasteiger partial charge is 0.218 e. The molecule has 0 aliphatic carbocycles. The number of ether oxygens (including phenoxy) is 1. The van der Waals surface area contributed by atoms with Gasteiger partial charge < -0.3 is 14.7 Å². The van der Waals surface area contributed by atoms with Crippen LogP contribution in [0.1, 0.15) is 12.0 Å². The van der Waals surface area contributed by atoms with Crippen molar-refractivity contribution in [2.24, 2.45) is 7.05 Å². The Labute approximate surface area is 123 Å². The molecule has 2 aromatic heterocycles. The molecule has 3 rings (SSSR count). The molecule has 1 N–H and O–H groups in total. The zero-order valence-electron chi connectivity index (χ0n) is 12.2. The van der Waals surface area contributed by atoms with Crippen molar-refractivity contribution in [3.63, 3.8) is 0 Å². The van der Waals surface area contributed by atoms with Gasteiger partial charge in [-0.25, -0.2) is 9.97 Å². The highest BCUT2D eigenvalue weighted by Crippen LogP contribution is 2.27. The molecule has 2 aromatic rings. The van der Waals surface area contributed by atoms with Crippen molar-refractivity contribution in [1.82, 2.24) is 19.7 Å². The number of anilines is 1. The first-order valence-corrected chi connectivity index (χ1v) is 6.95. The number of aryl methyl sites for hydroxylation is 1. The summed E-state index contributed by atoms with van der Waals surface area (Å²) in [6.07, 6.45) is 6.40. The first-order valence-electron chi connectivity index (χ1n) is 6.95. The van der Waals surface area contributed by atoms with E-state index in [1.165, 1.54) is 6.33 Å². The Morgan fingerprint density at radius 2 is 2.29 bits per heavy atom. The van der Waals surface area contributed by atoms with Crippen LogP contribution in [0.25, 0.3) is 0 Å². The van der Waals surface area contributed by atoms with Gasteiger partial charge in [0.1, 0.15) is 12.1 Å². The lowest BCUT2D eigenvalue weighted by Gasteiger charge is -2.27. The van der Waals surface area contributed by atoms with Gasteiger partial charge in [-0.3, -0.25) is 4.68 Å². The molecule has 0 unspecified atom stereocenters. The highest BCUT2D eigenvalue weighted by Gasteiger charge is 2.34. The molecule has 0 aromatic carbocycles. The number of hydrogen-bond donors (Lipinski definition) is 1. The predicted octanol–water partition coefficient (Wildman–Crippen LogP) is 0.401. The second-order valence-electron chi connectivity index (χ2n) is 5.26. The maximum absolute atomic E-state index is 10.3. The van der Waals surface area contributed by atoms with Crippen LogP contribution in [0, 0.1) is 0 Å². The van der Waals surface area contributed by atoms with Gasteiger partial charge >= 0.3 is 0 Å². The molecule has 1 aliphatic rings. The lowest BCUT2D eigenvalue weighted by Crippen LogP contribution is -2.37. The molecule has 0 amide bonds. The molecule has 0 radical (unpaired) electrons. The molecule has 7 nitrogen and oxygen atoms in total. The maximum Gasteiger partial charge on any atom is 0.218 e. The van der Waals surface area contributed by atoms with E-state index < -0.39 is 0 Å². The van der Waals surface area contributed by atoms with Gasteiger partial charge in [-0.05, 0) is 18.4 Å². The van der Waals surface area contributed by atoms with Crippen molar-refractivity contribution in [2.75, 3.05) is 18.6 Å². The number of hydrogen-bond acceptors (Lipinski definition) is 6. The highest BCUT2D eigenvalue weighted by atomic mass is 16.5. The van der Waals surface area contributed by atoms with Gasteiger partial charge in [0.25, 0.3) is 0 Å². The SMILES string of the molecule is COc1cc(N2CC[C@@H](O)[C@H]2Cc2cnn(C)c2)ncn1. The number of rotatable bonds is 4. The lowest BCUT2D eigenvalue weighted by atomic mass is 10.0. The van der Waals surface area contributed by atoms with Crippen molar-refractivity contribution < 1.29 is 9.84 Å². The van der Waals surface area contributed by atoms with Gasteiger partial charge in [0, 0.05) is 25.9 Å². The zero-order chi connectivity index (χ0) is 14.8. The predicted molar refractivity (Wildman–Crippen MR) is 77.3 cm³/mol. The largest absolute Gasteiger partial charge is 0.481 e. The standard InChI is InChI=1S/C14H19N5O2/c1-18-8-10(7-17-18)5-11-12(20)3-4-19(11)13-6-14(21-2)16-9-15-13/h6-9,11-12,20H,3-5H2,1-2H3/t11-,12-/m1/s1. The van der Waals surface area contributed by atoms with Crippen LogP contribution in [-0.4, -0.2) is 50.7 Å². The molecule has 1 saturated heterocycles. The summed E-state index contributed by atoms with van der Waals surface area (Å²) in [7, 11) is 3.47. The van der Waals surface area contributed by atoms with Crippen LogP contribution in [0.2, 0.25) is 0 Å². The lowest BCUT2D eigenvalue weighted by molar-refractivity contribution is 0.164. The highest BCUT2D eigenvalue weighted by molar-refractivity contribution is 5.44. The Morgan fingerprint density at radius 1 is 1.43 bits per heavy atom. The van der Waals surface area contributed by atoms with Crippen molar-refractivity contribution in [1.29, 1.82) is 0 Å². The third-order valence-electron chi connectivity index (χ3n) is 3.84. The van der Waals surface area contributed by atoms with E-state index in [1.807, 2.05) is 19.4 Å². The summed E-state index contributed by atoms with van der Waals surface area (Å²) in [6, 6.07) is 1.79. The van der Waals surface area contributed by atoms with E-state index in [9.17, 15) is 5.11 Å². The fourth-order valence-electron chi connectivity index (χ4n) is 2.79. The molecule has 112 valence electrons. The molecule has 7 heteroatoms. The second kappa shape index (κ2) is 5.69. The van der Waals surface area contributed by atoms with E-state index >= 15 is 0 Å². The van der Waals surface area contributed by atoms with E-state index in [1.54, 1.807) is 17.9 Å². The topological polar surface area (TPSA) is 76.3 Å². The van der Waals surface area contributed by atoms with Crippen molar-refractivity contribution >= 4 is 5.82 Å². The minimum Gasteiger partial charge on any atom is -0.481 e. The van der Waals surface area contributed by atoms with E-state index in [0.29, 0.717) is 5.88 Å². The summed E-state index contributed by atoms with van der Waals surface area (Å²) in [4.78, 5) is 10.4. The van der Waals surface area contributed by atoms with Crippen LogP contribution < -0.4 is 9.64 Å². The van der Waals surface area contributed by atoms with Crippen LogP contribution in [0.4, 0.5) is 5.82 Å². The Kier molecular flexibility index (Phi) is 3.74. The summed E-state index contributed by atoms with van der Waals surface area (Å²) < 4.78 is 6.92. The van der Waals surface area contributed by atoms with Crippen LogP contribution >= 0.6 is 0 Å². The Balaban J connectivity index is 1.82. The quantitative estimate of drug-likeness (QED) is 0.878. The van der Waals surface area contributed by atoms with Gasteiger partial charge in [-0.15, -0.1) is 0 Å².